The van der Waals surface area contributed by atoms with Gasteiger partial charge in [0, 0.05) is 23.2 Å². The van der Waals surface area contributed by atoms with Crippen LogP contribution in [0.3, 0.4) is 0 Å². The summed E-state index contributed by atoms with van der Waals surface area (Å²) in [5.74, 6) is 0.429. The molecule has 0 unspecified atom stereocenters. The van der Waals surface area contributed by atoms with Gasteiger partial charge < -0.3 is 17.2 Å². The lowest BCUT2D eigenvalue weighted by atomic mass is 10.3. The van der Waals surface area contributed by atoms with Gasteiger partial charge in [0.25, 0.3) is 5.91 Å². The van der Waals surface area contributed by atoms with Crippen molar-refractivity contribution in [2.24, 2.45) is 5.73 Å². The zero-order valence-electron chi connectivity index (χ0n) is 22.2. The smallest absolute Gasteiger partial charge is 0.258 e. The first-order valence-corrected chi connectivity index (χ1v) is 14.1. The van der Waals surface area contributed by atoms with Gasteiger partial charge in [0.2, 0.25) is 0 Å². The number of pyridine rings is 2. The molecule has 6 aromatic heterocycles. The summed E-state index contributed by atoms with van der Waals surface area (Å²) in [7, 11) is 0. The molecule has 0 fully saturated rings. The number of nitrogens with zero attached hydrogens (tertiary/aromatic N) is 6. The van der Waals surface area contributed by atoms with Crippen LogP contribution in [-0.4, -0.2) is 40.8 Å². The number of nitrogens with two attached hydrogens (primary N) is 3. The fourth-order valence-electron chi connectivity index (χ4n) is 3.56. The van der Waals surface area contributed by atoms with Crippen molar-refractivity contribution in [1.29, 1.82) is 0 Å². The molecule has 6 heterocycles. The van der Waals surface area contributed by atoms with Gasteiger partial charge in [-0.25, -0.2) is 19.9 Å². The van der Waals surface area contributed by atoms with Crippen LogP contribution < -0.4 is 17.2 Å². The van der Waals surface area contributed by atoms with Crippen LogP contribution >= 0.6 is 22.7 Å². The van der Waals surface area contributed by atoms with Gasteiger partial charge in [-0.15, -0.1) is 22.7 Å². The fraction of sp³-hybridized carbons (Fsp3) is 0.185. The van der Waals surface area contributed by atoms with Crippen molar-refractivity contribution in [3.05, 3.63) is 69.8 Å². The van der Waals surface area contributed by atoms with Gasteiger partial charge in [0.15, 0.2) is 17.4 Å². The highest BCUT2D eigenvalue weighted by atomic mass is 32.1. The van der Waals surface area contributed by atoms with Crippen LogP contribution in [0, 0.1) is 0 Å². The minimum Gasteiger partial charge on any atom is -0.382 e. The number of imidazole rings is 2. The number of hydrogen-bond donors (Lipinski definition) is 3. The number of ketones is 1. The van der Waals surface area contributed by atoms with Gasteiger partial charge in [-0.05, 0) is 31.2 Å². The minimum absolute atomic E-state index is 0.0665. The predicted molar refractivity (Wildman–Crippen MR) is 161 cm³/mol. The number of nitrogen functional groups attached to an aromatic ring is 2. The summed E-state index contributed by atoms with van der Waals surface area (Å²) >= 11 is 2.72. The van der Waals surface area contributed by atoms with Gasteiger partial charge in [0.1, 0.15) is 23.7 Å². The molecular weight excluding hydrogens is 546 g/mol. The summed E-state index contributed by atoms with van der Waals surface area (Å²) in [5, 5.41) is 3.77. The number of rotatable bonds is 5. The van der Waals surface area contributed by atoms with Crippen LogP contribution in [0.1, 0.15) is 53.0 Å². The molecule has 0 radical (unpaired) electrons. The second-order valence-corrected chi connectivity index (χ2v) is 10.4. The summed E-state index contributed by atoms with van der Waals surface area (Å²) < 4.78 is 3.74. The normalized spacial score (nSPS) is 10.6. The van der Waals surface area contributed by atoms with Crippen LogP contribution in [0.5, 0.6) is 0 Å². The molecule has 1 amide bonds. The number of unbranched alkanes of at least 4 members (excludes halogenated alkanes) is 1. The molecule has 6 N–H and O–H groups in total. The Balaban J connectivity index is 0.000000164. The van der Waals surface area contributed by atoms with E-state index in [-0.39, 0.29) is 5.78 Å². The van der Waals surface area contributed by atoms with E-state index < -0.39 is 5.91 Å². The molecule has 0 atom stereocenters. The maximum atomic E-state index is 11.3. The number of anilines is 2. The Kier molecular flexibility index (Phi) is 8.86. The highest BCUT2D eigenvalue weighted by Gasteiger charge is 2.12. The van der Waals surface area contributed by atoms with Crippen molar-refractivity contribution in [2.75, 3.05) is 11.5 Å². The number of thiophene rings is 2. The van der Waals surface area contributed by atoms with E-state index in [2.05, 4.69) is 33.8 Å². The third-order valence-electron chi connectivity index (χ3n) is 5.80. The topological polar surface area (TPSA) is 174 Å². The molecular formula is C27H29N9O2S2. The number of carbonyl (C=O) groups is 2. The number of hydrogen-bond acceptors (Lipinski definition) is 10. The van der Waals surface area contributed by atoms with E-state index in [0.29, 0.717) is 27.5 Å². The number of fused-ring (bicyclic) bond motifs is 2. The highest BCUT2D eigenvalue weighted by Crippen LogP contribution is 2.25. The number of Topliss-reactive ketones (excluding diaryl/α,β-unsaturated/α-hetero) is 1. The molecule has 11 nitrogen and oxygen atoms in total. The molecule has 0 bridgehead atoms. The maximum Gasteiger partial charge on any atom is 0.258 e. The molecule has 0 aromatic carbocycles. The molecule has 0 aliphatic rings. The summed E-state index contributed by atoms with van der Waals surface area (Å²) in [4.78, 5) is 40.1. The third-order valence-corrected chi connectivity index (χ3v) is 7.75. The lowest BCUT2D eigenvalue weighted by molar-refractivity contribution is 0.1000. The average molecular weight is 576 g/mol. The number of amides is 1. The van der Waals surface area contributed by atoms with E-state index in [1.165, 1.54) is 35.5 Å². The van der Waals surface area contributed by atoms with E-state index in [9.17, 15) is 9.59 Å². The summed E-state index contributed by atoms with van der Waals surface area (Å²) in [5.41, 5.74) is 21.5. The van der Waals surface area contributed by atoms with Crippen LogP contribution in [0.4, 0.5) is 11.6 Å². The van der Waals surface area contributed by atoms with Crippen molar-refractivity contribution in [2.45, 2.75) is 33.6 Å². The Morgan fingerprint density at radius 2 is 1.23 bits per heavy atom. The van der Waals surface area contributed by atoms with Crippen LogP contribution in [0.25, 0.3) is 33.4 Å². The third kappa shape index (κ3) is 6.00. The van der Waals surface area contributed by atoms with Gasteiger partial charge in [-0.1, -0.05) is 26.7 Å². The molecule has 13 heteroatoms. The van der Waals surface area contributed by atoms with Gasteiger partial charge >= 0.3 is 0 Å². The van der Waals surface area contributed by atoms with Gasteiger partial charge in [-0.3, -0.25) is 18.7 Å². The van der Waals surface area contributed by atoms with E-state index in [4.69, 9.17) is 17.2 Å². The Labute approximate surface area is 238 Å². The van der Waals surface area contributed by atoms with Gasteiger partial charge in [-0.2, -0.15) is 0 Å². The Hall–Kier alpha value is -4.62. The monoisotopic (exact) mass is 575 g/mol. The molecule has 0 aliphatic carbocycles. The lowest BCUT2D eigenvalue weighted by Crippen LogP contribution is -2.08. The number of carbonyl (C=O) groups excluding carboxylic acids is 2. The van der Waals surface area contributed by atoms with E-state index in [1.807, 2.05) is 38.1 Å². The first-order chi connectivity index (χ1) is 19.2. The van der Waals surface area contributed by atoms with Crippen LogP contribution in [0.15, 0.2) is 60.1 Å². The Morgan fingerprint density at radius 1 is 0.775 bits per heavy atom. The lowest BCUT2D eigenvalue weighted by Gasteiger charge is -2.00. The minimum atomic E-state index is -0.433. The quantitative estimate of drug-likeness (QED) is 0.234. The Morgan fingerprint density at radius 3 is 1.60 bits per heavy atom. The molecule has 206 valence electrons. The summed E-state index contributed by atoms with van der Waals surface area (Å²) in [6.45, 7) is 5.92. The average Bonchev–Trinajstić information content (AvgIpc) is 3.74. The van der Waals surface area contributed by atoms with Crippen molar-refractivity contribution < 1.29 is 9.59 Å². The van der Waals surface area contributed by atoms with E-state index in [1.54, 1.807) is 38.0 Å². The molecule has 0 saturated heterocycles. The van der Waals surface area contributed by atoms with Crippen molar-refractivity contribution in [1.82, 2.24) is 29.1 Å². The summed E-state index contributed by atoms with van der Waals surface area (Å²) in [6.07, 6.45) is 9.25. The van der Waals surface area contributed by atoms with Crippen LogP contribution in [-0.2, 0) is 0 Å². The first-order valence-electron chi connectivity index (χ1n) is 12.4. The first kappa shape index (κ1) is 28.4. The second kappa shape index (κ2) is 12.5. The molecule has 0 saturated carbocycles. The number of primary amides is 1. The van der Waals surface area contributed by atoms with Gasteiger partial charge in [0.05, 0.1) is 32.2 Å². The van der Waals surface area contributed by atoms with Crippen molar-refractivity contribution in [3.63, 3.8) is 0 Å². The fourth-order valence-corrected chi connectivity index (χ4v) is 5.08. The zero-order chi connectivity index (χ0) is 28.8. The van der Waals surface area contributed by atoms with E-state index >= 15 is 0 Å². The number of aromatic nitrogens is 6. The second-order valence-electron chi connectivity index (χ2n) is 8.62. The molecule has 0 spiro atoms. The highest BCUT2D eigenvalue weighted by molar-refractivity contribution is 7.12. The molecule has 6 aromatic rings. The maximum absolute atomic E-state index is 11.3. The van der Waals surface area contributed by atoms with Crippen molar-refractivity contribution >= 4 is 68.1 Å². The van der Waals surface area contributed by atoms with E-state index in [0.717, 1.165) is 27.3 Å². The van der Waals surface area contributed by atoms with Crippen LogP contribution in [0.2, 0.25) is 0 Å². The summed E-state index contributed by atoms with van der Waals surface area (Å²) in [6, 6.07) is 7.25. The zero-order valence-corrected chi connectivity index (χ0v) is 23.9. The molecule has 6 rings (SSSR count). The standard InChI is InChI=1S/C12H10N4OS.C11H9N5OS.C4H10/c1-7(17)10-4-8(5-18-10)16-6-15-11-9(16)2-3-14-12(11)13;12-10-9-7(1-2-14-10)16(5-15-9)6-3-8(11(13)17)18-4-6;1-3-4-2/h2-6H,1H3,(H2,13,14);1-5H,(H2,12,14)(H2,13,17);3-4H2,1-2H3. The predicted octanol–water partition coefficient (Wildman–Crippen LogP) is 5.24. The SMILES string of the molecule is CC(=O)c1cc(-n2cnc3c(N)nccc32)cs1.CCCC.NC(=O)c1cc(-n2cnc3c(N)nccc32)cs1. The van der Waals surface area contributed by atoms with Crippen molar-refractivity contribution in [3.8, 4) is 11.4 Å². The molecule has 40 heavy (non-hydrogen) atoms. The Bertz CT molecular complexity index is 1650. The molecule has 0 aliphatic heterocycles. The largest absolute Gasteiger partial charge is 0.382 e.